The Balaban J connectivity index is 2.11. The van der Waals surface area contributed by atoms with Gasteiger partial charge in [0.05, 0.1) is 11.6 Å². The van der Waals surface area contributed by atoms with E-state index in [-0.39, 0.29) is 6.04 Å². The highest BCUT2D eigenvalue weighted by Gasteiger charge is 2.18. The quantitative estimate of drug-likeness (QED) is 0.748. The number of hydrogen-bond acceptors (Lipinski definition) is 2. The van der Waals surface area contributed by atoms with Crippen molar-refractivity contribution in [1.82, 2.24) is 9.88 Å². The third-order valence-electron chi connectivity index (χ3n) is 3.63. The van der Waals surface area contributed by atoms with Gasteiger partial charge >= 0.3 is 0 Å². The molecule has 2 aromatic heterocycles. The molecule has 0 aliphatic rings. The van der Waals surface area contributed by atoms with Crippen molar-refractivity contribution in [1.29, 1.82) is 0 Å². The van der Waals surface area contributed by atoms with Crippen LogP contribution >= 0.6 is 11.3 Å². The minimum Gasteiger partial charge on any atom is -0.339 e. The number of hydrogen-bond donors (Lipinski definition) is 1. The summed E-state index contributed by atoms with van der Waals surface area (Å²) in [6.07, 6.45) is 2.70. The summed E-state index contributed by atoms with van der Waals surface area (Å²) in [7, 11) is 1.90. The van der Waals surface area contributed by atoms with E-state index in [9.17, 15) is 8.78 Å². The first kappa shape index (κ1) is 14.2. The Hall–Kier alpha value is -1.72. The second-order valence-corrected chi connectivity index (χ2v) is 5.95. The van der Waals surface area contributed by atoms with E-state index >= 15 is 0 Å². The first-order valence-corrected chi connectivity index (χ1v) is 7.72. The molecule has 1 N–H and O–H groups in total. The van der Waals surface area contributed by atoms with E-state index in [0.29, 0.717) is 10.9 Å². The molecule has 0 amide bonds. The summed E-state index contributed by atoms with van der Waals surface area (Å²) < 4.78 is 29.4. The fraction of sp³-hybridized carbons (Fsp3) is 0.250. The zero-order chi connectivity index (χ0) is 14.8. The number of nitrogens with zero attached hydrogens (tertiary/aromatic N) is 1. The van der Waals surface area contributed by atoms with Crippen molar-refractivity contribution in [2.45, 2.75) is 12.5 Å². The Kier molecular flexibility index (Phi) is 4.03. The van der Waals surface area contributed by atoms with Gasteiger partial charge in [-0.1, -0.05) is 6.07 Å². The maximum Gasteiger partial charge on any atom is 0.135 e. The lowest BCUT2D eigenvalue weighted by molar-refractivity contribution is 0.544. The van der Waals surface area contributed by atoms with Gasteiger partial charge in [-0.05, 0) is 43.6 Å². The smallest absolute Gasteiger partial charge is 0.135 e. The maximum atomic E-state index is 13.9. The van der Waals surface area contributed by atoms with Gasteiger partial charge in [0, 0.05) is 22.5 Å². The van der Waals surface area contributed by atoms with Gasteiger partial charge in [0.25, 0.3) is 0 Å². The third-order valence-corrected chi connectivity index (χ3v) is 4.60. The predicted molar refractivity (Wildman–Crippen MR) is 82.9 cm³/mol. The second kappa shape index (κ2) is 5.95. The molecule has 0 saturated carbocycles. The van der Waals surface area contributed by atoms with Gasteiger partial charge in [-0.25, -0.2) is 8.78 Å². The van der Waals surface area contributed by atoms with Gasteiger partial charge in [0.2, 0.25) is 0 Å². The minimum atomic E-state index is -0.543. The summed E-state index contributed by atoms with van der Waals surface area (Å²) in [4.78, 5) is 1.19. The highest BCUT2D eigenvalue weighted by atomic mass is 32.1. The van der Waals surface area contributed by atoms with Crippen LogP contribution in [0.2, 0.25) is 0 Å². The summed E-state index contributed by atoms with van der Waals surface area (Å²) in [5.41, 5.74) is 0.599. The van der Waals surface area contributed by atoms with Crippen molar-refractivity contribution in [3.63, 3.8) is 0 Å². The SMILES string of the molecule is CNCCC(c1cccs1)n1ccc2c(F)cc(F)cc21. The number of aromatic nitrogens is 1. The summed E-state index contributed by atoms with van der Waals surface area (Å²) in [6.45, 7) is 0.833. The van der Waals surface area contributed by atoms with Crippen molar-refractivity contribution in [3.05, 3.63) is 58.4 Å². The Labute approximate surface area is 126 Å². The molecule has 1 atom stereocenters. The average Bonchev–Trinajstić information content (AvgIpc) is 3.09. The standard InChI is InChI=1S/C16H16F2N2S/c1-19-6-4-14(16-3-2-8-21-16)20-7-5-12-13(18)9-11(17)10-15(12)20/h2-3,5,7-10,14,19H,4,6H2,1H3. The first-order chi connectivity index (χ1) is 10.2. The molecule has 0 radical (unpaired) electrons. The fourth-order valence-electron chi connectivity index (χ4n) is 2.64. The van der Waals surface area contributed by atoms with Crippen LogP contribution < -0.4 is 5.32 Å². The Morgan fingerprint density at radius 2 is 2.14 bits per heavy atom. The Morgan fingerprint density at radius 1 is 1.29 bits per heavy atom. The van der Waals surface area contributed by atoms with E-state index in [1.54, 1.807) is 17.4 Å². The van der Waals surface area contributed by atoms with Crippen molar-refractivity contribution in [3.8, 4) is 0 Å². The lowest BCUT2D eigenvalue weighted by Gasteiger charge is -2.19. The van der Waals surface area contributed by atoms with E-state index < -0.39 is 11.6 Å². The number of nitrogens with one attached hydrogen (secondary N) is 1. The van der Waals surface area contributed by atoms with Crippen molar-refractivity contribution in [2.24, 2.45) is 0 Å². The Bertz CT molecular complexity index is 734. The van der Waals surface area contributed by atoms with Crippen LogP contribution in [0.4, 0.5) is 8.78 Å². The van der Waals surface area contributed by atoms with Crippen molar-refractivity contribution < 1.29 is 8.78 Å². The second-order valence-electron chi connectivity index (χ2n) is 4.97. The average molecular weight is 306 g/mol. The first-order valence-electron chi connectivity index (χ1n) is 6.84. The number of fused-ring (bicyclic) bond motifs is 1. The van der Waals surface area contributed by atoms with Crippen molar-refractivity contribution in [2.75, 3.05) is 13.6 Å². The predicted octanol–water partition coefficient (Wildman–Crippen LogP) is 4.18. The monoisotopic (exact) mass is 306 g/mol. The normalized spacial score (nSPS) is 12.9. The number of benzene rings is 1. The molecule has 0 saturated heterocycles. The minimum absolute atomic E-state index is 0.0798. The van der Waals surface area contributed by atoms with E-state index in [1.165, 1.54) is 10.9 Å². The third kappa shape index (κ3) is 2.71. The van der Waals surface area contributed by atoms with Gasteiger partial charge in [0.1, 0.15) is 11.6 Å². The molecule has 0 fully saturated rings. The molecule has 1 unspecified atom stereocenters. The van der Waals surface area contributed by atoms with E-state index in [4.69, 9.17) is 0 Å². The summed E-state index contributed by atoms with van der Waals surface area (Å²) in [5.74, 6) is -1.05. The topological polar surface area (TPSA) is 17.0 Å². The van der Waals surface area contributed by atoms with E-state index in [2.05, 4.69) is 11.4 Å². The Morgan fingerprint density at radius 3 is 2.86 bits per heavy atom. The molecule has 0 spiro atoms. The van der Waals surface area contributed by atoms with Gasteiger partial charge in [-0.15, -0.1) is 11.3 Å². The zero-order valence-corrected chi connectivity index (χ0v) is 12.5. The molecule has 0 aliphatic carbocycles. The lowest BCUT2D eigenvalue weighted by atomic mass is 10.1. The van der Waals surface area contributed by atoms with Crippen LogP contribution in [-0.4, -0.2) is 18.2 Å². The maximum absolute atomic E-state index is 13.9. The molecule has 3 aromatic rings. The van der Waals surface area contributed by atoms with Crippen LogP contribution in [0, 0.1) is 11.6 Å². The lowest BCUT2D eigenvalue weighted by Crippen LogP contribution is -2.16. The number of halogens is 2. The highest BCUT2D eigenvalue weighted by Crippen LogP contribution is 2.31. The van der Waals surface area contributed by atoms with Gasteiger partial charge in [-0.2, -0.15) is 0 Å². The number of thiophene rings is 1. The van der Waals surface area contributed by atoms with Crippen LogP contribution in [0.25, 0.3) is 10.9 Å². The van der Waals surface area contributed by atoms with Crippen LogP contribution in [0.3, 0.4) is 0 Å². The van der Waals surface area contributed by atoms with E-state index in [0.717, 1.165) is 19.0 Å². The molecule has 1 aromatic carbocycles. The van der Waals surface area contributed by atoms with Crippen LogP contribution in [0.15, 0.2) is 41.9 Å². The zero-order valence-electron chi connectivity index (χ0n) is 11.6. The molecule has 0 bridgehead atoms. The largest absolute Gasteiger partial charge is 0.339 e. The van der Waals surface area contributed by atoms with Crippen LogP contribution in [0.5, 0.6) is 0 Å². The number of rotatable bonds is 5. The summed E-state index contributed by atoms with van der Waals surface area (Å²) >= 11 is 1.66. The summed E-state index contributed by atoms with van der Waals surface area (Å²) in [6, 6.07) is 8.19. The molecular formula is C16H16F2N2S. The molecule has 21 heavy (non-hydrogen) atoms. The molecular weight excluding hydrogens is 290 g/mol. The van der Waals surface area contributed by atoms with E-state index in [1.807, 2.05) is 29.3 Å². The van der Waals surface area contributed by atoms with Gasteiger partial charge < -0.3 is 9.88 Å². The molecule has 3 rings (SSSR count). The molecule has 110 valence electrons. The van der Waals surface area contributed by atoms with Gasteiger partial charge in [-0.3, -0.25) is 0 Å². The molecule has 2 nitrogen and oxygen atoms in total. The fourth-order valence-corrected chi connectivity index (χ4v) is 3.50. The van der Waals surface area contributed by atoms with Crippen LogP contribution in [0.1, 0.15) is 17.3 Å². The molecule has 5 heteroatoms. The summed E-state index contributed by atoms with van der Waals surface area (Å²) in [5, 5.41) is 5.62. The van der Waals surface area contributed by atoms with Crippen LogP contribution in [-0.2, 0) is 0 Å². The van der Waals surface area contributed by atoms with Gasteiger partial charge in [0.15, 0.2) is 0 Å². The highest BCUT2D eigenvalue weighted by molar-refractivity contribution is 7.10. The molecule has 2 heterocycles. The molecule has 0 aliphatic heterocycles. The van der Waals surface area contributed by atoms with Crippen molar-refractivity contribution >= 4 is 22.2 Å².